The van der Waals surface area contributed by atoms with E-state index in [0.29, 0.717) is 17.0 Å². The number of aromatic nitrogens is 1. The zero-order valence-corrected chi connectivity index (χ0v) is 19.6. The monoisotopic (exact) mass is 530 g/mol. The van der Waals surface area contributed by atoms with Crippen molar-refractivity contribution in [3.05, 3.63) is 74.7 Å². The molecule has 29 heavy (non-hydrogen) atoms. The van der Waals surface area contributed by atoms with Crippen molar-refractivity contribution in [1.29, 1.82) is 0 Å². The number of thiazole rings is 1. The molecular weight excluding hydrogens is 516 g/mol. The van der Waals surface area contributed by atoms with E-state index >= 15 is 0 Å². The van der Waals surface area contributed by atoms with Crippen LogP contribution < -0.4 is 10.1 Å². The van der Waals surface area contributed by atoms with Gasteiger partial charge in [0, 0.05) is 14.5 Å². The molecule has 0 aliphatic heterocycles. The molecule has 1 heterocycles. The van der Waals surface area contributed by atoms with E-state index in [4.69, 9.17) is 9.72 Å². The van der Waals surface area contributed by atoms with E-state index in [9.17, 15) is 4.79 Å². The Morgan fingerprint density at radius 3 is 2.66 bits per heavy atom. The van der Waals surface area contributed by atoms with Gasteiger partial charge in [0.1, 0.15) is 10.8 Å². The molecule has 0 bridgehead atoms. The van der Waals surface area contributed by atoms with Gasteiger partial charge in [-0.3, -0.25) is 4.79 Å². The molecule has 0 saturated carbocycles. The number of carbonyl (C=O) groups excluding carboxylic acids is 1. The van der Waals surface area contributed by atoms with E-state index in [1.165, 1.54) is 0 Å². The van der Waals surface area contributed by atoms with Crippen LogP contribution in [0.1, 0.15) is 15.9 Å². The summed E-state index contributed by atoms with van der Waals surface area (Å²) < 4.78 is 8.20. The fourth-order valence-corrected chi connectivity index (χ4v) is 5.45. The van der Waals surface area contributed by atoms with Gasteiger partial charge in [0.15, 0.2) is 0 Å². The zero-order valence-electron chi connectivity index (χ0n) is 15.6. The summed E-state index contributed by atoms with van der Waals surface area (Å²) >= 11 is 8.72. The van der Waals surface area contributed by atoms with Gasteiger partial charge in [0.05, 0.1) is 28.6 Å². The Hall–Kier alpha value is -2.22. The molecule has 0 radical (unpaired) electrons. The number of rotatable bonds is 4. The van der Waals surface area contributed by atoms with Crippen molar-refractivity contribution in [2.75, 3.05) is 12.4 Å². The smallest absolute Gasteiger partial charge is 0.259 e. The SMILES string of the molecule is COc1c(C)cccc1C(=O)Nc1c(Br)cc(Br)cc1-c1nc2ccccc2s1. The lowest BCUT2D eigenvalue weighted by Crippen LogP contribution is -2.15. The Morgan fingerprint density at radius 2 is 1.90 bits per heavy atom. The molecular formula is C22H16Br2N2O2S. The number of ether oxygens (including phenoxy) is 1. The van der Waals surface area contributed by atoms with Crippen molar-refractivity contribution in [3.8, 4) is 16.3 Å². The first-order valence-corrected chi connectivity index (χ1v) is 11.2. The number of nitrogens with zero attached hydrogens (tertiary/aromatic N) is 1. The topological polar surface area (TPSA) is 51.2 Å². The van der Waals surface area contributed by atoms with E-state index in [2.05, 4.69) is 37.2 Å². The summed E-state index contributed by atoms with van der Waals surface area (Å²) in [6.07, 6.45) is 0. The molecule has 0 aliphatic carbocycles. The number of hydrogen-bond donors (Lipinski definition) is 1. The summed E-state index contributed by atoms with van der Waals surface area (Å²) in [6.45, 7) is 1.91. The molecule has 0 atom stereocenters. The Morgan fingerprint density at radius 1 is 1.10 bits per heavy atom. The largest absolute Gasteiger partial charge is 0.496 e. The Bertz CT molecular complexity index is 1200. The molecule has 0 spiro atoms. The lowest BCUT2D eigenvalue weighted by molar-refractivity contribution is 0.102. The molecule has 1 amide bonds. The molecule has 4 aromatic rings. The van der Waals surface area contributed by atoms with Crippen molar-refractivity contribution < 1.29 is 9.53 Å². The van der Waals surface area contributed by atoms with Gasteiger partial charge in [-0.1, -0.05) is 40.2 Å². The number of carbonyl (C=O) groups is 1. The van der Waals surface area contributed by atoms with Crippen LogP contribution in [0, 0.1) is 6.92 Å². The van der Waals surface area contributed by atoms with Gasteiger partial charge in [-0.25, -0.2) is 4.98 Å². The van der Waals surface area contributed by atoms with Crippen LogP contribution in [-0.2, 0) is 0 Å². The first kappa shape index (κ1) is 20.1. The second-order valence-electron chi connectivity index (χ2n) is 6.41. The number of methoxy groups -OCH3 is 1. The molecule has 0 aliphatic rings. The predicted octanol–water partition coefficient (Wildman–Crippen LogP) is 7.06. The third-order valence-corrected chi connectivity index (χ3v) is 6.63. The van der Waals surface area contributed by atoms with E-state index in [1.54, 1.807) is 24.5 Å². The number of anilines is 1. The van der Waals surface area contributed by atoms with Crippen LogP contribution in [0.3, 0.4) is 0 Å². The first-order valence-electron chi connectivity index (χ1n) is 8.78. The highest BCUT2D eigenvalue weighted by molar-refractivity contribution is 9.11. The van der Waals surface area contributed by atoms with Crippen molar-refractivity contribution in [2.24, 2.45) is 0 Å². The van der Waals surface area contributed by atoms with Crippen molar-refractivity contribution in [3.63, 3.8) is 0 Å². The molecule has 146 valence electrons. The standard InChI is InChI=1S/C22H16Br2N2O2S/c1-12-6-5-7-14(20(12)28-2)21(27)26-19-15(10-13(23)11-16(19)24)22-25-17-8-3-4-9-18(17)29-22/h3-11H,1-2H3,(H,26,27). The molecule has 1 N–H and O–H groups in total. The second-order valence-corrected chi connectivity index (χ2v) is 9.21. The summed E-state index contributed by atoms with van der Waals surface area (Å²) in [5.41, 5.74) is 3.83. The molecule has 1 aromatic heterocycles. The Labute approximate surface area is 189 Å². The minimum atomic E-state index is -0.240. The lowest BCUT2D eigenvalue weighted by atomic mass is 10.1. The highest BCUT2D eigenvalue weighted by Gasteiger charge is 2.20. The van der Waals surface area contributed by atoms with Gasteiger partial charge >= 0.3 is 0 Å². The van der Waals surface area contributed by atoms with E-state index < -0.39 is 0 Å². The maximum Gasteiger partial charge on any atom is 0.259 e. The predicted molar refractivity (Wildman–Crippen MR) is 126 cm³/mol. The number of hydrogen-bond acceptors (Lipinski definition) is 4. The maximum atomic E-state index is 13.1. The van der Waals surface area contributed by atoms with Crippen LogP contribution in [0.15, 0.2) is 63.5 Å². The minimum Gasteiger partial charge on any atom is -0.496 e. The molecule has 0 unspecified atom stereocenters. The highest BCUT2D eigenvalue weighted by Crippen LogP contribution is 2.41. The fraction of sp³-hybridized carbons (Fsp3) is 0.0909. The van der Waals surface area contributed by atoms with Gasteiger partial charge in [-0.15, -0.1) is 11.3 Å². The normalized spacial score (nSPS) is 10.9. The van der Waals surface area contributed by atoms with Crippen LogP contribution in [0.4, 0.5) is 5.69 Å². The van der Waals surface area contributed by atoms with Gasteiger partial charge in [-0.05, 0) is 58.7 Å². The zero-order chi connectivity index (χ0) is 20.5. The Kier molecular flexibility index (Phi) is 5.72. The van der Waals surface area contributed by atoms with E-state index in [0.717, 1.165) is 35.3 Å². The maximum absolute atomic E-state index is 13.1. The number of nitrogens with one attached hydrogen (secondary N) is 1. The summed E-state index contributed by atoms with van der Waals surface area (Å²) in [6, 6.07) is 17.4. The molecule has 3 aromatic carbocycles. The average Bonchev–Trinajstić information content (AvgIpc) is 3.13. The average molecular weight is 532 g/mol. The van der Waals surface area contributed by atoms with Crippen LogP contribution in [0.5, 0.6) is 5.75 Å². The van der Waals surface area contributed by atoms with Gasteiger partial charge in [-0.2, -0.15) is 0 Å². The van der Waals surface area contributed by atoms with Gasteiger partial charge < -0.3 is 10.1 Å². The second kappa shape index (κ2) is 8.26. The van der Waals surface area contributed by atoms with Gasteiger partial charge in [0.25, 0.3) is 5.91 Å². The molecule has 0 saturated heterocycles. The Balaban J connectivity index is 1.80. The number of para-hydroxylation sites is 2. The first-order chi connectivity index (χ1) is 14.0. The summed E-state index contributed by atoms with van der Waals surface area (Å²) in [4.78, 5) is 17.9. The third kappa shape index (κ3) is 3.95. The fourth-order valence-electron chi connectivity index (χ4n) is 3.14. The van der Waals surface area contributed by atoms with Crippen LogP contribution in [0.25, 0.3) is 20.8 Å². The van der Waals surface area contributed by atoms with Gasteiger partial charge in [0.2, 0.25) is 0 Å². The van der Waals surface area contributed by atoms with Crippen molar-refractivity contribution in [1.82, 2.24) is 4.98 Å². The highest BCUT2D eigenvalue weighted by atomic mass is 79.9. The molecule has 7 heteroatoms. The summed E-state index contributed by atoms with van der Waals surface area (Å²) in [7, 11) is 1.57. The van der Waals surface area contributed by atoms with E-state index in [1.807, 2.05) is 55.5 Å². The van der Waals surface area contributed by atoms with Crippen LogP contribution in [-0.4, -0.2) is 18.0 Å². The van der Waals surface area contributed by atoms with Crippen molar-refractivity contribution in [2.45, 2.75) is 6.92 Å². The molecule has 0 fully saturated rings. The van der Waals surface area contributed by atoms with Crippen LogP contribution in [0.2, 0.25) is 0 Å². The number of amides is 1. The molecule has 4 rings (SSSR count). The number of aryl methyl sites for hydroxylation is 1. The van der Waals surface area contributed by atoms with E-state index in [-0.39, 0.29) is 5.91 Å². The van der Waals surface area contributed by atoms with Crippen LogP contribution >= 0.6 is 43.2 Å². The summed E-state index contributed by atoms with van der Waals surface area (Å²) in [5, 5.41) is 3.88. The quantitative estimate of drug-likeness (QED) is 0.306. The number of fused-ring (bicyclic) bond motifs is 1. The number of halogens is 2. The summed E-state index contributed by atoms with van der Waals surface area (Å²) in [5.74, 6) is 0.329. The van der Waals surface area contributed by atoms with Crippen molar-refractivity contribution >= 4 is 65.0 Å². The minimum absolute atomic E-state index is 0.240. The number of benzene rings is 3. The lowest BCUT2D eigenvalue weighted by Gasteiger charge is -2.15. The molecule has 4 nitrogen and oxygen atoms in total. The third-order valence-electron chi connectivity index (χ3n) is 4.48.